The molecule has 0 bridgehead atoms. The Morgan fingerprint density at radius 2 is 2.18 bits per heavy atom. The summed E-state index contributed by atoms with van der Waals surface area (Å²) in [4.78, 5) is 4.86. The highest BCUT2D eigenvalue weighted by Crippen LogP contribution is 2.36. The lowest BCUT2D eigenvalue weighted by Gasteiger charge is -2.24. The monoisotopic (exact) mass is 428 g/mol. The van der Waals surface area contributed by atoms with Crippen molar-refractivity contribution < 1.29 is 13.2 Å². The first-order valence-electron chi connectivity index (χ1n) is 9.62. The third-order valence-electron chi connectivity index (χ3n) is 4.50. The van der Waals surface area contributed by atoms with Crippen LogP contribution in [0.2, 0.25) is 0 Å². The first kappa shape index (κ1) is 23.0. The summed E-state index contributed by atoms with van der Waals surface area (Å²) in [6.07, 6.45) is 2.47. The second kappa shape index (κ2) is 11.0. The van der Waals surface area contributed by atoms with Crippen molar-refractivity contribution in [3.05, 3.63) is 29.8 Å². The van der Waals surface area contributed by atoms with Crippen LogP contribution in [0.1, 0.15) is 32.3 Å². The highest BCUT2D eigenvalue weighted by molar-refractivity contribution is 8.00. The maximum absolute atomic E-state index is 12.4. The fraction of sp³-hybridized carbons (Fsp3) is 0.632. The van der Waals surface area contributed by atoms with Gasteiger partial charge in [0.2, 0.25) is 10.0 Å². The second-order valence-corrected chi connectivity index (χ2v) is 10.4. The number of methoxy groups -OCH3 is 1. The van der Waals surface area contributed by atoms with E-state index in [0.717, 1.165) is 24.6 Å². The van der Waals surface area contributed by atoms with Crippen LogP contribution < -0.4 is 15.4 Å². The van der Waals surface area contributed by atoms with Crippen molar-refractivity contribution in [2.45, 2.75) is 42.9 Å². The number of guanidine groups is 1. The molecule has 1 fully saturated rings. The highest BCUT2D eigenvalue weighted by Gasteiger charge is 2.29. The topological polar surface area (TPSA) is 91.8 Å². The van der Waals surface area contributed by atoms with Gasteiger partial charge >= 0.3 is 0 Å². The van der Waals surface area contributed by atoms with Gasteiger partial charge in [0, 0.05) is 31.5 Å². The van der Waals surface area contributed by atoms with E-state index in [2.05, 4.69) is 27.3 Å². The van der Waals surface area contributed by atoms with Crippen LogP contribution in [0.3, 0.4) is 0 Å². The van der Waals surface area contributed by atoms with E-state index in [4.69, 9.17) is 4.74 Å². The molecule has 28 heavy (non-hydrogen) atoms. The van der Waals surface area contributed by atoms with Crippen LogP contribution in [-0.4, -0.2) is 58.2 Å². The minimum Gasteiger partial charge on any atom is -0.383 e. The van der Waals surface area contributed by atoms with E-state index >= 15 is 0 Å². The molecule has 0 spiro atoms. The molecule has 1 atom stereocenters. The molecule has 2 rings (SSSR count). The lowest BCUT2D eigenvalue weighted by Crippen LogP contribution is -2.43. The van der Waals surface area contributed by atoms with Gasteiger partial charge in [0.25, 0.3) is 0 Å². The van der Waals surface area contributed by atoms with Crippen molar-refractivity contribution >= 4 is 27.7 Å². The van der Waals surface area contributed by atoms with Crippen LogP contribution in [0.15, 0.2) is 34.2 Å². The number of ether oxygens (including phenoxy) is 1. The highest BCUT2D eigenvalue weighted by atomic mass is 32.2. The van der Waals surface area contributed by atoms with E-state index in [1.807, 2.05) is 24.8 Å². The number of nitrogens with zero attached hydrogens (tertiary/aromatic N) is 1. The van der Waals surface area contributed by atoms with Crippen molar-refractivity contribution in [3.8, 4) is 0 Å². The molecule has 1 aliphatic rings. The maximum atomic E-state index is 12.4. The standard InChI is InChI=1S/C19H32N4O3S2/c1-4-20-18(22-15-19(2)9-6-12-27-19)21-14-16-7-5-8-17(13-16)28(24,25)23-10-11-26-3/h5,7-8,13,23H,4,6,9-12,14-15H2,1-3H3,(H2,20,21,22). The molecule has 1 aliphatic heterocycles. The molecule has 0 aromatic heterocycles. The van der Waals surface area contributed by atoms with Gasteiger partial charge in [-0.05, 0) is 50.1 Å². The third-order valence-corrected chi connectivity index (χ3v) is 7.50. The Bertz CT molecular complexity index is 747. The van der Waals surface area contributed by atoms with Crippen LogP contribution in [-0.2, 0) is 21.3 Å². The number of sulfonamides is 1. The normalized spacial score (nSPS) is 20.3. The van der Waals surface area contributed by atoms with E-state index in [0.29, 0.717) is 13.2 Å². The van der Waals surface area contributed by atoms with Gasteiger partial charge in [-0.3, -0.25) is 0 Å². The molecular weight excluding hydrogens is 396 g/mol. The maximum Gasteiger partial charge on any atom is 0.240 e. The Balaban J connectivity index is 2.01. The zero-order valence-electron chi connectivity index (χ0n) is 17.0. The van der Waals surface area contributed by atoms with Gasteiger partial charge in [0.15, 0.2) is 5.96 Å². The van der Waals surface area contributed by atoms with E-state index < -0.39 is 10.0 Å². The molecule has 0 saturated carbocycles. The molecule has 158 valence electrons. The number of hydrogen-bond acceptors (Lipinski definition) is 5. The lowest BCUT2D eigenvalue weighted by molar-refractivity contribution is 0.204. The van der Waals surface area contributed by atoms with Crippen LogP contribution in [0.5, 0.6) is 0 Å². The molecule has 1 saturated heterocycles. The summed E-state index contributed by atoms with van der Waals surface area (Å²) >= 11 is 2.00. The van der Waals surface area contributed by atoms with Crippen molar-refractivity contribution in [3.63, 3.8) is 0 Å². The molecule has 1 unspecified atom stereocenters. The SMILES string of the molecule is CCNC(=NCc1cccc(S(=O)(=O)NCCOC)c1)NCC1(C)CCCS1. The second-order valence-electron chi connectivity index (χ2n) is 6.99. The number of rotatable bonds is 10. The quantitative estimate of drug-likeness (QED) is 0.300. The molecule has 0 amide bonds. The minimum atomic E-state index is -3.55. The van der Waals surface area contributed by atoms with Crippen LogP contribution >= 0.6 is 11.8 Å². The Hall–Kier alpha value is -1.29. The summed E-state index contributed by atoms with van der Waals surface area (Å²) in [5.41, 5.74) is 0.841. The van der Waals surface area contributed by atoms with Crippen molar-refractivity contribution in [2.24, 2.45) is 4.99 Å². The molecule has 1 aromatic carbocycles. The van der Waals surface area contributed by atoms with Gasteiger partial charge in [-0.1, -0.05) is 12.1 Å². The molecule has 3 N–H and O–H groups in total. The van der Waals surface area contributed by atoms with E-state index in [-0.39, 0.29) is 16.2 Å². The molecule has 7 nitrogen and oxygen atoms in total. The summed E-state index contributed by atoms with van der Waals surface area (Å²) < 4.78 is 32.4. The van der Waals surface area contributed by atoms with Gasteiger partial charge in [-0.15, -0.1) is 0 Å². The Morgan fingerprint density at radius 1 is 1.36 bits per heavy atom. The molecule has 0 aliphatic carbocycles. The third kappa shape index (κ3) is 7.27. The minimum absolute atomic E-state index is 0.240. The number of benzene rings is 1. The smallest absolute Gasteiger partial charge is 0.240 e. The molecule has 9 heteroatoms. The summed E-state index contributed by atoms with van der Waals surface area (Å²) in [5, 5.41) is 6.68. The predicted octanol–water partition coefficient (Wildman–Crippen LogP) is 1.95. The van der Waals surface area contributed by atoms with E-state index in [9.17, 15) is 8.42 Å². The number of aliphatic imine (C=N–C) groups is 1. The van der Waals surface area contributed by atoms with Gasteiger partial charge < -0.3 is 15.4 Å². The number of thioether (sulfide) groups is 1. The Morgan fingerprint density at radius 3 is 2.86 bits per heavy atom. The average Bonchev–Trinajstić information content (AvgIpc) is 3.11. The summed E-state index contributed by atoms with van der Waals surface area (Å²) in [7, 11) is -2.01. The molecular formula is C19H32N4O3S2. The molecule has 1 heterocycles. The van der Waals surface area contributed by atoms with Crippen LogP contribution in [0.4, 0.5) is 0 Å². The van der Waals surface area contributed by atoms with Crippen molar-refractivity contribution in [2.75, 3.05) is 39.1 Å². The first-order chi connectivity index (χ1) is 13.4. The van der Waals surface area contributed by atoms with Crippen LogP contribution in [0, 0.1) is 0 Å². The summed E-state index contributed by atoms with van der Waals surface area (Å²) in [6, 6.07) is 6.88. The van der Waals surface area contributed by atoms with E-state index in [1.54, 1.807) is 18.2 Å². The van der Waals surface area contributed by atoms with E-state index in [1.165, 1.54) is 25.7 Å². The zero-order valence-corrected chi connectivity index (χ0v) is 18.6. The first-order valence-corrected chi connectivity index (χ1v) is 12.1. The number of nitrogens with one attached hydrogen (secondary N) is 3. The zero-order chi connectivity index (χ0) is 20.5. The fourth-order valence-corrected chi connectivity index (χ4v) is 5.26. The lowest BCUT2D eigenvalue weighted by atomic mass is 10.1. The Kier molecular flexibility index (Phi) is 9.07. The van der Waals surface area contributed by atoms with Crippen LogP contribution in [0.25, 0.3) is 0 Å². The summed E-state index contributed by atoms with van der Waals surface area (Å²) in [5.74, 6) is 1.97. The Labute approximate surface area is 173 Å². The van der Waals surface area contributed by atoms with Gasteiger partial charge in [0.05, 0.1) is 18.0 Å². The largest absolute Gasteiger partial charge is 0.383 e. The number of hydrogen-bond donors (Lipinski definition) is 3. The molecule has 1 aromatic rings. The fourth-order valence-electron chi connectivity index (χ4n) is 2.93. The van der Waals surface area contributed by atoms with Crippen molar-refractivity contribution in [1.29, 1.82) is 0 Å². The summed E-state index contributed by atoms with van der Waals surface area (Å²) in [6.45, 7) is 6.92. The molecule has 0 radical (unpaired) electrons. The van der Waals surface area contributed by atoms with Gasteiger partial charge in [0.1, 0.15) is 0 Å². The van der Waals surface area contributed by atoms with Gasteiger partial charge in [-0.2, -0.15) is 11.8 Å². The van der Waals surface area contributed by atoms with Crippen molar-refractivity contribution in [1.82, 2.24) is 15.4 Å². The average molecular weight is 429 g/mol. The predicted molar refractivity (Wildman–Crippen MR) is 116 cm³/mol. The van der Waals surface area contributed by atoms with Gasteiger partial charge in [-0.25, -0.2) is 18.1 Å².